The molecule has 1 aromatic rings. The van der Waals surface area contributed by atoms with Gasteiger partial charge in [0.15, 0.2) is 0 Å². The van der Waals surface area contributed by atoms with Gasteiger partial charge >= 0.3 is 0 Å². The van der Waals surface area contributed by atoms with E-state index in [4.69, 9.17) is 5.26 Å². The second kappa shape index (κ2) is 5.71. The molecule has 0 amide bonds. The Bertz CT molecular complexity index is 198. The highest BCUT2D eigenvalue weighted by Gasteiger charge is 1.91. The summed E-state index contributed by atoms with van der Waals surface area (Å²) in [6.07, 6.45) is 1.77. The fraction of sp³-hybridized carbons (Fsp3) is 0.333. The highest BCUT2D eigenvalue weighted by Crippen LogP contribution is 2.01. The van der Waals surface area contributed by atoms with Crippen molar-refractivity contribution in [3.05, 3.63) is 35.9 Å². The van der Waals surface area contributed by atoms with E-state index in [0.29, 0.717) is 6.61 Å². The Balaban J connectivity index is 2.16. The van der Waals surface area contributed by atoms with E-state index in [1.807, 2.05) is 18.2 Å². The van der Waals surface area contributed by atoms with Gasteiger partial charge in [-0.3, -0.25) is 0 Å². The smallest absolute Gasteiger partial charge is 0.0856 e. The molecule has 3 heteroatoms. The van der Waals surface area contributed by atoms with Gasteiger partial charge in [0.05, 0.1) is 6.61 Å². The quantitative estimate of drug-likeness (QED) is 0.415. The van der Waals surface area contributed by atoms with Crippen LogP contribution in [0.5, 0.6) is 0 Å². The summed E-state index contributed by atoms with van der Waals surface area (Å²) in [4.78, 5) is 4.31. The van der Waals surface area contributed by atoms with Crippen LogP contribution in [-0.2, 0) is 16.3 Å². The van der Waals surface area contributed by atoms with Crippen LogP contribution >= 0.6 is 0 Å². The predicted octanol–water partition coefficient (Wildman–Crippen LogP) is 2.04. The summed E-state index contributed by atoms with van der Waals surface area (Å²) in [5.41, 5.74) is 1.26. The topological polar surface area (TPSA) is 38.7 Å². The van der Waals surface area contributed by atoms with E-state index in [0.717, 1.165) is 12.8 Å². The molecular weight excluding hydrogens is 156 g/mol. The van der Waals surface area contributed by atoms with Crippen molar-refractivity contribution in [3.63, 3.8) is 0 Å². The van der Waals surface area contributed by atoms with Crippen LogP contribution < -0.4 is 0 Å². The van der Waals surface area contributed by atoms with Crippen molar-refractivity contribution in [2.45, 2.75) is 12.8 Å². The molecule has 0 heterocycles. The van der Waals surface area contributed by atoms with Crippen LogP contribution in [-0.4, -0.2) is 11.9 Å². The van der Waals surface area contributed by atoms with Crippen LogP contribution in [0, 0.1) is 0 Å². The maximum absolute atomic E-state index is 7.84. The minimum atomic E-state index is 0.408. The Morgan fingerprint density at radius 3 is 2.58 bits per heavy atom. The highest BCUT2D eigenvalue weighted by atomic mass is 17.5. The van der Waals surface area contributed by atoms with E-state index in [1.165, 1.54) is 5.56 Å². The molecule has 0 aromatic heterocycles. The molecule has 3 nitrogen and oxygen atoms in total. The lowest BCUT2D eigenvalue weighted by atomic mass is 10.1. The molecule has 0 radical (unpaired) electrons. The zero-order valence-corrected chi connectivity index (χ0v) is 6.77. The van der Waals surface area contributed by atoms with E-state index in [9.17, 15) is 0 Å². The highest BCUT2D eigenvalue weighted by molar-refractivity contribution is 5.14. The third-order valence-electron chi connectivity index (χ3n) is 1.59. The SMILES string of the molecule is OOOCCCc1ccccc1. The lowest BCUT2D eigenvalue weighted by Gasteiger charge is -1.99. The molecule has 1 N–H and O–H groups in total. The molecule has 66 valence electrons. The monoisotopic (exact) mass is 168 g/mol. The average Bonchev–Trinajstić information content (AvgIpc) is 2.14. The van der Waals surface area contributed by atoms with Crippen molar-refractivity contribution in [3.8, 4) is 0 Å². The molecule has 0 aliphatic carbocycles. The summed E-state index contributed by atoms with van der Waals surface area (Å²) in [6.45, 7) is 0.408. The third-order valence-corrected chi connectivity index (χ3v) is 1.59. The van der Waals surface area contributed by atoms with E-state index in [1.54, 1.807) is 0 Å². The fourth-order valence-electron chi connectivity index (χ4n) is 1.02. The van der Waals surface area contributed by atoms with Gasteiger partial charge in [-0.25, -0.2) is 10.1 Å². The zero-order valence-electron chi connectivity index (χ0n) is 6.77. The van der Waals surface area contributed by atoms with E-state index < -0.39 is 0 Å². The van der Waals surface area contributed by atoms with Crippen molar-refractivity contribution >= 4 is 0 Å². The van der Waals surface area contributed by atoms with E-state index in [-0.39, 0.29) is 0 Å². The third kappa shape index (κ3) is 3.48. The second-order valence-electron chi connectivity index (χ2n) is 2.49. The average molecular weight is 168 g/mol. The summed E-state index contributed by atoms with van der Waals surface area (Å²) in [5, 5.41) is 11.3. The molecule has 1 rings (SSSR count). The number of hydrogen-bond acceptors (Lipinski definition) is 3. The first-order valence-corrected chi connectivity index (χ1v) is 3.90. The lowest BCUT2D eigenvalue weighted by Crippen LogP contribution is -1.95. The van der Waals surface area contributed by atoms with Crippen LogP contribution in [0.1, 0.15) is 12.0 Å². The summed E-state index contributed by atoms with van der Waals surface area (Å²) in [6, 6.07) is 10.1. The molecular formula is C9H12O3. The molecule has 0 bridgehead atoms. The van der Waals surface area contributed by atoms with Crippen LogP contribution in [0.2, 0.25) is 0 Å². The molecule has 0 aliphatic rings. The largest absolute Gasteiger partial charge is 0.221 e. The van der Waals surface area contributed by atoms with Gasteiger partial charge in [-0.2, -0.15) is 0 Å². The van der Waals surface area contributed by atoms with Gasteiger partial charge in [0.25, 0.3) is 0 Å². The number of benzene rings is 1. The molecule has 0 aliphatic heterocycles. The summed E-state index contributed by atoms with van der Waals surface area (Å²) < 4.78 is 0. The van der Waals surface area contributed by atoms with Crippen molar-refractivity contribution in [1.29, 1.82) is 0 Å². The molecule has 12 heavy (non-hydrogen) atoms. The first-order valence-electron chi connectivity index (χ1n) is 3.90. The van der Waals surface area contributed by atoms with Gasteiger partial charge in [0.2, 0.25) is 0 Å². The van der Waals surface area contributed by atoms with Gasteiger partial charge in [0.1, 0.15) is 0 Å². The molecule has 0 unspecified atom stereocenters. The minimum Gasteiger partial charge on any atom is -0.221 e. The Kier molecular flexibility index (Phi) is 4.37. The fourth-order valence-corrected chi connectivity index (χ4v) is 1.02. The molecule has 0 saturated heterocycles. The Labute approximate surface area is 71.4 Å². The minimum absolute atomic E-state index is 0.408. The number of rotatable bonds is 5. The van der Waals surface area contributed by atoms with Crippen molar-refractivity contribution in [1.82, 2.24) is 0 Å². The first-order chi connectivity index (χ1) is 5.93. The summed E-state index contributed by atoms with van der Waals surface area (Å²) in [5.74, 6) is 0. The molecule has 1 aromatic carbocycles. The molecule has 0 spiro atoms. The van der Waals surface area contributed by atoms with Crippen molar-refractivity contribution < 1.29 is 15.2 Å². The summed E-state index contributed by atoms with van der Waals surface area (Å²) in [7, 11) is 0. The normalized spacial score (nSPS) is 10.1. The number of aryl methyl sites for hydroxylation is 1. The second-order valence-corrected chi connectivity index (χ2v) is 2.49. The van der Waals surface area contributed by atoms with E-state index in [2.05, 4.69) is 22.1 Å². The van der Waals surface area contributed by atoms with Crippen LogP contribution in [0.25, 0.3) is 0 Å². The number of hydrogen-bond donors (Lipinski definition) is 1. The van der Waals surface area contributed by atoms with Gasteiger partial charge in [0, 0.05) is 0 Å². The van der Waals surface area contributed by atoms with Gasteiger partial charge in [-0.1, -0.05) is 35.4 Å². The van der Waals surface area contributed by atoms with Crippen LogP contribution in [0.4, 0.5) is 0 Å². The van der Waals surface area contributed by atoms with Gasteiger partial charge in [-0.15, -0.1) is 0 Å². The predicted molar refractivity (Wildman–Crippen MR) is 44.4 cm³/mol. The maximum atomic E-state index is 7.84. The Morgan fingerprint density at radius 2 is 1.92 bits per heavy atom. The zero-order chi connectivity index (χ0) is 8.65. The first kappa shape index (κ1) is 9.19. The van der Waals surface area contributed by atoms with Crippen molar-refractivity contribution in [2.75, 3.05) is 6.61 Å². The van der Waals surface area contributed by atoms with Crippen LogP contribution in [0.3, 0.4) is 0 Å². The lowest BCUT2D eigenvalue weighted by molar-refractivity contribution is -0.490. The Hall–Kier alpha value is -0.900. The molecule has 0 atom stereocenters. The molecule has 0 fully saturated rings. The van der Waals surface area contributed by atoms with Crippen molar-refractivity contribution in [2.24, 2.45) is 0 Å². The van der Waals surface area contributed by atoms with Gasteiger partial charge in [-0.05, 0) is 18.4 Å². The van der Waals surface area contributed by atoms with E-state index >= 15 is 0 Å². The molecule has 0 saturated carbocycles. The summed E-state index contributed by atoms with van der Waals surface area (Å²) >= 11 is 0. The van der Waals surface area contributed by atoms with Gasteiger partial charge < -0.3 is 0 Å². The Morgan fingerprint density at radius 1 is 1.17 bits per heavy atom. The standard InChI is InChI=1S/C9H12O3/c10-12-11-8-4-7-9-5-2-1-3-6-9/h1-3,5-6,10H,4,7-8H2. The maximum Gasteiger partial charge on any atom is 0.0856 e. The van der Waals surface area contributed by atoms with Crippen LogP contribution in [0.15, 0.2) is 30.3 Å².